The van der Waals surface area contributed by atoms with Crippen LogP contribution in [0.25, 0.3) is 0 Å². The fourth-order valence-electron chi connectivity index (χ4n) is 3.60. The number of hydrogen-bond acceptors (Lipinski definition) is 3. The number of hydrogen-bond donors (Lipinski definition) is 0. The fourth-order valence-corrected chi connectivity index (χ4v) is 3.60. The molecular formula is C14H23NO3. The molecule has 3 heterocycles. The van der Waals surface area contributed by atoms with Crippen LogP contribution in [-0.2, 0) is 14.3 Å². The van der Waals surface area contributed by atoms with Crippen molar-refractivity contribution in [2.45, 2.75) is 44.8 Å². The summed E-state index contributed by atoms with van der Waals surface area (Å²) in [4.78, 5) is 14.5. The van der Waals surface area contributed by atoms with Gasteiger partial charge in [-0.2, -0.15) is 0 Å². The summed E-state index contributed by atoms with van der Waals surface area (Å²) in [5, 5.41) is 0. The lowest BCUT2D eigenvalue weighted by Gasteiger charge is -2.36. The van der Waals surface area contributed by atoms with Crippen molar-refractivity contribution in [2.75, 3.05) is 26.3 Å². The van der Waals surface area contributed by atoms with Gasteiger partial charge in [0.05, 0.1) is 12.2 Å². The van der Waals surface area contributed by atoms with Crippen LogP contribution >= 0.6 is 0 Å². The molecule has 4 nitrogen and oxygen atoms in total. The first-order valence-corrected chi connectivity index (χ1v) is 7.26. The topological polar surface area (TPSA) is 38.8 Å². The lowest BCUT2D eigenvalue weighted by molar-refractivity contribution is -0.141. The van der Waals surface area contributed by atoms with E-state index in [1.54, 1.807) is 0 Å². The van der Waals surface area contributed by atoms with Gasteiger partial charge in [0.1, 0.15) is 0 Å². The molecule has 3 aliphatic heterocycles. The molecule has 0 unspecified atom stereocenters. The zero-order valence-electron chi connectivity index (χ0n) is 11.1. The Balaban J connectivity index is 1.58. The number of carbonyl (C=O) groups excluding carboxylic acids is 1. The molecule has 0 aromatic rings. The van der Waals surface area contributed by atoms with Crippen LogP contribution in [0.4, 0.5) is 0 Å². The third kappa shape index (κ3) is 2.41. The molecule has 102 valence electrons. The van der Waals surface area contributed by atoms with E-state index >= 15 is 0 Å². The summed E-state index contributed by atoms with van der Waals surface area (Å²) in [5.41, 5.74) is 0. The zero-order valence-corrected chi connectivity index (χ0v) is 11.1. The maximum absolute atomic E-state index is 12.5. The highest BCUT2D eigenvalue weighted by Crippen LogP contribution is 2.33. The van der Waals surface area contributed by atoms with Crippen molar-refractivity contribution >= 4 is 5.91 Å². The Bertz CT molecular complexity index is 314. The van der Waals surface area contributed by atoms with Gasteiger partial charge in [-0.15, -0.1) is 0 Å². The van der Waals surface area contributed by atoms with Gasteiger partial charge in [-0.25, -0.2) is 0 Å². The van der Waals surface area contributed by atoms with E-state index in [1.165, 1.54) is 0 Å². The van der Waals surface area contributed by atoms with Gasteiger partial charge in [0.15, 0.2) is 0 Å². The minimum absolute atomic E-state index is 0.204. The Morgan fingerprint density at radius 2 is 2.00 bits per heavy atom. The van der Waals surface area contributed by atoms with E-state index in [0.717, 1.165) is 52.0 Å². The molecule has 1 amide bonds. The molecule has 3 rings (SSSR count). The molecule has 0 aliphatic carbocycles. The average Bonchev–Trinajstić information content (AvgIpc) is 2.78. The van der Waals surface area contributed by atoms with Gasteiger partial charge in [-0.3, -0.25) is 4.79 Å². The van der Waals surface area contributed by atoms with Crippen molar-refractivity contribution < 1.29 is 14.3 Å². The van der Waals surface area contributed by atoms with E-state index in [1.807, 2.05) is 0 Å². The summed E-state index contributed by atoms with van der Waals surface area (Å²) in [6.45, 7) is 5.42. The molecule has 18 heavy (non-hydrogen) atoms. The van der Waals surface area contributed by atoms with Crippen molar-refractivity contribution in [1.82, 2.24) is 4.90 Å². The second kappa shape index (κ2) is 5.17. The number of piperidine rings is 1. The number of amides is 1. The second-order valence-corrected chi connectivity index (χ2v) is 5.94. The van der Waals surface area contributed by atoms with Crippen molar-refractivity contribution in [2.24, 2.45) is 11.8 Å². The Morgan fingerprint density at radius 3 is 2.78 bits per heavy atom. The van der Waals surface area contributed by atoms with E-state index in [4.69, 9.17) is 9.47 Å². The summed E-state index contributed by atoms with van der Waals surface area (Å²) in [6, 6.07) is 0. The third-order valence-electron chi connectivity index (χ3n) is 4.59. The Morgan fingerprint density at radius 1 is 1.22 bits per heavy atom. The SMILES string of the molecule is C[C@@H]1C[C@@H]2CN(C(=O)C3CCOCC3)CC[C@@H]2O1. The van der Waals surface area contributed by atoms with E-state index in [0.29, 0.717) is 24.0 Å². The first-order chi connectivity index (χ1) is 8.74. The van der Waals surface area contributed by atoms with E-state index in [2.05, 4.69) is 11.8 Å². The number of carbonyl (C=O) groups is 1. The molecular weight excluding hydrogens is 230 g/mol. The number of fused-ring (bicyclic) bond motifs is 1. The molecule has 0 bridgehead atoms. The highest BCUT2D eigenvalue weighted by atomic mass is 16.5. The highest BCUT2D eigenvalue weighted by molar-refractivity contribution is 5.79. The monoisotopic (exact) mass is 253 g/mol. The fraction of sp³-hybridized carbons (Fsp3) is 0.929. The van der Waals surface area contributed by atoms with E-state index < -0.39 is 0 Å². The van der Waals surface area contributed by atoms with Gasteiger partial charge in [-0.05, 0) is 32.6 Å². The highest BCUT2D eigenvalue weighted by Gasteiger charge is 2.39. The van der Waals surface area contributed by atoms with Crippen molar-refractivity contribution in [3.63, 3.8) is 0 Å². The molecule has 3 atom stereocenters. The predicted molar refractivity (Wildman–Crippen MR) is 67.2 cm³/mol. The van der Waals surface area contributed by atoms with Gasteiger partial charge in [0.2, 0.25) is 5.91 Å². The van der Waals surface area contributed by atoms with Crippen molar-refractivity contribution in [3.8, 4) is 0 Å². The van der Waals surface area contributed by atoms with E-state index in [9.17, 15) is 4.79 Å². The van der Waals surface area contributed by atoms with Crippen molar-refractivity contribution in [1.29, 1.82) is 0 Å². The summed E-state index contributed by atoms with van der Waals surface area (Å²) in [6.07, 6.45) is 4.70. The molecule has 0 spiro atoms. The minimum Gasteiger partial charge on any atom is -0.381 e. The maximum Gasteiger partial charge on any atom is 0.225 e. The summed E-state index contributed by atoms with van der Waals surface area (Å²) in [5.74, 6) is 1.13. The number of nitrogens with zero attached hydrogens (tertiary/aromatic N) is 1. The molecule has 0 saturated carbocycles. The summed E-state index contributed by atoms with van der Waals surface area (Å²) in [7, 11) is 0. The summed E-state index contributed by atoms with van der Waals surface area (Å²) < 4.78 is 11.2. The average molecular weight is 253 g/mol. The summed E-state index contributed by atoms with van der Waals surface area (Å²) >= 11 is 0. The van der Waals surface area contributed by atoms with Gasteiger partial charge in [0.25, 0.3) is 0 Å². The third-order valence-corrected chi connectivity index (χ3v) is 4.59. The zero-order chi connectivity index (χ0) is 12.5. The standard InChI is InChI=1S/C14H23NO3/c1-10-8-12-9-15(5-2-13(12)18-10)14(16)11-3-6-17-7-4-11/h10-13H,2-9H2,1H3/t10-,12-,13+/m1/s1. The molecule has 0 radical (unpaired) electrons. The molecule has 0 aromatic carbocycles. The van der Waals surface area contributed by atoms with Crippen LogP contribution in [0.3, 0.4) is 0 Å². The van der Waals surface area contributed by atoms with Crippen LogP contribution in [-0.4, -0.2) is 49.3 Å². The molecule has 0 aromatic heterocycles. The van der Waals surface area contributed by atoms with Crippen molar-refractivity contribution in [3.05, 3.63) is 0 Å². The molecule has 3 saturated heterocycles. The number of ether oxygens (including phenoxy) is 2. The van der Waals surface area contributed by atoms with Gasteiger partial charge in [-0.1, -0.05) is 0 Å². The van der Waals surface area contributed by atoms with Crippen LogP contribution in [0.5, 0.6) is 0 Å². The number of rotatable bonds is 1. The molecule has 3 fully saturated rings. The van der Waals surface area contributed by atoms with E-state index in [-0.39, 0.29) is 5.92 Å². The lowest BCUT2D eigenvalue weighted by Crippen LogP contribution is -2.47. The second-order valence-electron chi connectivity index (χ2n) is 5.94. The Labute approximate surface area is 109 Å². The van der Waals surface area contributed by atoms with Gasteiger partial charge in [0, 0.05) is 38.1 Å². The largest absolute Gasteiger partial charge is 0.381 e. The molecule has 3 aliphatic rings. The van der Waals surface area contributed by atoms with Crippen LogP contribution < -0.4 is 0 Å². The van der Waals surface area contributed by atoms with Crippen LogP contribution in [0.2, 0.25) is 0 Å². The van der Waals surface area contributed by atoms with Crippen LogP contribution in [0.1, 0.15) is 32.6 Å². The van der Waals surface area contributed by atoms with Crippen LogP contribution in [0, 0.1) is 11.8 Å². The minimum atomic E-state index is 0.204. The van der Waals surface area contributed by atoms with Crippen LogP contribution in [0.15, 0.2) is 0 Å². The lowest BCUT2D eigenvalue weighted by atomic mass is 9.91. The maximum atomic E-state index is 12.5. The number of likely N-dealkylation sites (tertiary alicyclic amines) is 1. The quantitative estimate of drug-likeness (QED) is 0.710. The molecule has 4 heteroatoms. The smallest absolute Gasteiger partial charge is 0.225 e. The Kier molecular flexibility index (Phi) is 3.57. The first-order valence-electron chi connectivity index (χ1n) is 7.26. The van der Waals surface area contributed by atoms with Gasteiger partial charge < -0.3 is 14.4 Å². The first kappa shape index (κ1) is 12.4. The Hall–Kier alpha value is -0.610. The molecule has 0 N–H and O–H groups in total. The normalized spacial score (nSPS) is 37.6. The van der Waals surface area contributed by atoms with Gasteiger partial charge >= 0.3 is 0 Å². The predicted octanol–water partition coefficient (Wildman–Crippen LogP) is 1.44.